The lowest BCUT2D eigenvalue weighted by atomic mass is 9.99. The molecule has 3 nitrogen and oxygen atoms in total. The minimum atomic E-state index is -3.56. The number of alkyl halides is 1. The fourth-order valence-electron chi connectivity index (χ4n) is 2.79. The van der Waals surface area contributed by atoms with Gasteiger partial charge in [0.1, 0.15) is 5.82 Å². The van der Waals surface area contributed by atoms with Crippen molar-refractivity contribution in [1.29, 1.82) is 0 Å². The van der Waals surface area contributed by atoms with E-state index < -0.39 is 15.8 Å². The Labute approximate surface area is 128 Å². The van der Waals surface area contributed by atoms with E-state index in [4.69, 9.17) is 0 Å². The lowest BCUT2D eigenvalue weighted by Crippen LogP contribution is -2.31. The van der Waals surface area contributed by atoms with Gasteiger partial charge in [-0.25, -0.2) is 17.5 Å². The van der Waals surface area contributed by atoms with Crippen LogP contribution in [-0.2, 0) is 10.0 Å². The number of hydrogen-bond acceptors (Lipinski definition) is 2. The Morgan fingerprint density at radius 2 is 2.05 bits per heavy atom. The van der Waals surface area contributed by atoms with Gasteiger partial charge in [0, 0.05) is 11.9 Å². The lowest BCUT2D eigenvalue weighted by Gasteiger charge is -2.18. The van der Waals surface area contributed by atoms with E-state index in [1.165, 1.54) is 18.2 Å². The molecule has 2 unspecified atom stereocenters. The number of rotatable bonds is 5. The molecule has 1 aliphatic carbocycles. The molecule has 6 heteroatoms. The van der Waals surface area contributed by atoms with E-state index in [2.05, 4.69) is 20.7 Å². The molecular weight excluding hydrogens is 345 g/mol. The highest BCUT2D eigenvalue weighted by atomic mass is 79.9. The van der Waals surface area contributed by atoms with E-state index in [-0.39, 0.29) is 4.90 Å². The fourth-order valence-corrected chi connectivity index (χ4v) is 4.97. The third-order valence-electron chi connectivity index (χ3n) is 3.98. The van der Waals surface area contributed by atoms with Gasteiger partial charge >= 0.3 is 0 Å². The largest absolute Gasteiger partial charge is 0.240 e. The van der Waals surface area contributed by atoms with Gasteiger partial charge in [-0.2, -0.15) is 0 Å². The SMILES string of the molecule is Cc1cc(F)ccc1S(=O)(=O)NCC1CCCC1CBr. The second-order valence-corrected chi connectivity index (χ2v) is 7.75. The molecule has 0 bridgehead atoms. The van der Waals surface area contributed by atoms with E-state index in [9.17, 15) is 12.8 Å². The molecule has 1 aromatic rings. The highest BCUT2D eigenvalue weighted by molar-refractivity contribution is 9.09. The fraction of sp³-hybridized carbons (Fsp3) is 0.571. The average molecular weight is 364 g/mol. The zero-order valence-electron chi connectivity index (χ0n) is 11.4. The van der Waals surface area contributed by atoms with Crippen molar-refractivity contribution >= 4 is 26.0 Å². The van der Waals surface area contributed by atoms with Crippen molar-refractivity contribution in [3.63, 3.8) is 0 Å². The molecule has 0 saturated heterocycles. The van der Waals surface area contributed by atoms with Crippen molar-refractivity contribution in [2.45, 2.75) is 31.1 Å². The van der Waals surface area contributed by atoms with Crippen molar-refractivity contribution in [2.75, 3.05) is 11.9 Å². The van der Waals surface area contributed by atoms with Crippen LogP contribution < -0.4 is 4.72 Å². The third kappa shape index (κ3) is 3.59. The molecule has 1 aromatic carbocycles. The van der Waals surface area contributed by atoms with Crippen molar-refractivity contribution in [3.8, 4) is 0 Å². The van der Waals surface area contributed by atoms with E-state index in [0.29, 0.717) is 23.9 Å². The van der Waals surface area contributed by atoms with E-state index in [1.807, 2.05) is 0 Å². The maximum atomic E-state index is 13.0. The zero-order valence-corrected chi connectivity index (χ0v) is 13.8. The van der Waals surface area contributed by atoms with Crippen LogP contribution in [0, 0.1) is 24.6 Å². The van der Waals surface area contributed by atoms with Gasteiger partial charge in [-0.3, -0.25) is 0 Å². The Kier molecular flexibility index (Phi) is 5.20. The van der Waals surface area contributed by atoms with Crippen LogP contribution >= 0.6 is 15.9 Å². The van der Waals surface area contributed by atoms with Crippen LogP contribution in [0.4, 0.5) is 4.39 Å². The van der Waals surface area contributed by atoms with Crippen molar-refractivity contribution in [2.24, 2.45) is 11.8 Å². The van der Waals surface area contributed by atoms with Crippen molar-refractivity contribution in [1.82, 2.24) is 4.72 Å². The Balaban J connectivity index is 2.07. The first-order valence-corrected chi connectivity index (χ1v) is 9.36. The standard InChI is InChI=1S/C14H19BrFNO2S/c1-10-7-13(16)5-6-14(10)20(18,19)17-9-12-4-2-3-11(12)8-15/h5-7,11-12,17H,2-4,8-9H2,1H3. The van der Waals surface area contributed by atoms with Crippen LogP contribution in [0.25, 0.3) is 0 Å². The van der Waals surface area contributed by atoms with Crippen LogP contribution in [0.1, 0.15) is 24.8 Å². The number of aryl methyl sites for hydroxylation is 1. The van der Waals surface area contributed by atoms with Crippen LogP contribution in [0.3, 0.4) is 0 Å². The molecule has 20 heavy (non-hydrogen) atoms. The molecule has 1 fully saturated rings. The topological polar surface area (TPSA) is 46.2 Å². The predicted octanol–water partition coefficient (Wildman–Crippen LogP) is 3.22. The quantitative estimate of drug-likeness (QED) is 0.816. The van der Waals surface area contributed by atoms with Crippen molar-refractivity contribution < 1.29 is 12.8 Å². The first-order chi connectivity index (χ1) is 9.44. The van der Waals surface area contributed by atoms with Gasteiger partial charge in [-0.15, -0.1) is 0 Å². The molecule has 1 N–H and O–H groups in total. The summed E-state index contributed by atoms with van der Waals surface area (Å²) in [4.78, 5) is 0.160. The molecule has 1 aliphatic rings. The van der Waals surface area contributed by atoms with Crippen molar-refractivity contribution in [3.05, 3.63) is 29.6 Å². The minimum absolute atomic E-state index is 0.160. The first-order valence-electron chi connectivity index (χ1n) is 6.76. The number of sulfonamides is 1. The maximum Gasteiger partial charge on any atom is 0.240 e. The molecule has 0 aromatic heterocycles. The molecule has 2 rings (SSSR count). The van der Waals surface area contributed by atoms with E-state index >= 15 is 0 Å². The van der Waals surface area contributed by atoms with Gasteiger partial charge in [0.05, 0.1) is 4.90 Å². The Morgan fingerprint density at radius 3 is 2.70 bits per heavy atom. The maximum absolute atomic E-state index is 13.0. The molecule has 0 spiro atoms. The van der Waals surface area contributed by atoms with Gasteiger partial charge in [0.2, 0.25) is 10.0 Å². The van der Waals surface area contributed by atoms with Gasteiger partial charge < -0.3 is 0 Å². The number of halogens is 2. The van der Waals surface area contributed by atoms with Crippen LogP contribution in [0.5, 0.6) is 0 Å². The molecule has 2 atom stereocenters. The highest BCUT2D eigenvalue weighted by Crippen LogP contribution is 2.32. The molecule has 0 radical (unpaired) electrons. The third-order valence-corrected chi connectivity index (χ3v) is 6.39. The summed E-state index contributed by atoms with van der Waals surface area (Å²) in [7, 11) is -3.56. The summed E-state index contributed by atoms with van der Waals surface area (Å²) in [5, 5.41) is 0.912. The summed E-state index contributed by atoms with van der Waals surface area (Å²) in [5.74, 6) is 0.494. The Hall–Kier alpha value is -0.460. The Bertz CT molecular complexity index is 577. The molecule has 1 saturated carbocycles. The molecular formula is C14H19BrFNO2S. The van der Waals surface area contributed by atoms with Crippen LogP contribution in [0.15, 0.2) is 23.1 Å². The first kappa shape index (κ1) is 15.9. The zero-order chi connectivity index (χ0) is 14.8. The number of benzene rings is 1. The summed E-state index contributed by atoms with van der Waals surface area (Å²) in [6, 6.07) is 3.74. The smallest absolute Gasteiger partial charge is 0.211 e. The van der Waals surface area contributed by atoms with Gasteiger partial charge in [-0.05, 0) is 55.4 Å². The summed E-state index contributed by atoms with van der Waals surface area (Å²) >= 11 is 3.48. The van der Waals surface area contributed by atoms with Gasteiger partial charge in [0.15, 0.2) is 0 Å². The second kappa shape index (κ2) is 6.54. The van der Waals surface area contributed by atoms with Crippen LogP contribution in [-0.4, -0.2) is 20.3 Å². The molecule has 0 amide bonds. The summed E-state index contributed by atoms with van der Waals surface area (Å²) in [6.07, 6.45) is 3.35. The van der Waals surface area contributed by atoms with E-state index in [1.54, 1.807) is 6.92 Å². The van der Waals surface area contributed by atoms with Crippen LogP contribution in [0.2, 0.25) is 0 Å². The molecule has 112 valence electrons. The second-order valence-electron chi connectivity index (χ2n) is 5.37. The van der Waals surface area contributed by atoms with Gasteiger partial charge in [-0.1, -0.05) is 22.4 Å². The lowest BCUT2D eigenvalue weighted by molar-refractivity contribution is 0.422. The van der Waals surface area contributed by atoms with Gasteiger partial charge in [0.25, 0.3) is 0 Å². The molecule has 0 aliphatic heterocycles. The predicted molar refractivity (Wildman–Crippen MR) is 81.0 cm³/mol. The summed E-state index contributed by atoms with van der Waals surface area (Å²) in [5.41, 5.74) is 0.431. The highest BCUT2D eigenvalue weighted by Gasteiger charge is 2.28. The van der Waals surface area contributed by atoms with E-state index in [0.717, 1.165) is 24.6 Å². The normalized spacial score (nSPS) is 23.1. The number of nitrogens with one attached hydrogen (secondary N) is 1. The summed E-state index contributed by atoms with van der Waals surface area (Å²) < 4.78 is 40.3. The minimum Gasteiger partial charge on any atom is -0.211 e. The Morgan fingerprint density at radius 1 is 1.35 bits per heavy atom. The monoisotopic (exact) mass is 363 g/mol. The summed E-state index contributed by atoms with van der Waals surface area (Å²) in [6.45, 7) is 2.06. The number of hydrogen-bond donors (Lipinski definition) is 1. The average Bonchev–Trinajstić information content (AvgIpc) is 2.83. The molecule has 0 heterocycles.